The quantitative estimate of drug-likeness (QED) is 0.815. The SMILES string of the molecule is N#Cc1c(CCCBr)cccc1C(O)C(=O)O. The van der Waals surface area contributed by atoms with Crippen molar-refractivity contribution in [3.63, 3.8) is 0 Å². The van der Waals surface area contributed by atoms with Crippen LogP contribution < -0.4 is 0 Å². The van der Waals surface area contributed by atoms with Gasteiger partial charge >= 0.3 is 5.97 Å². The second-order valence-electron chi connectivity index (χ2n) is 3.53. The van der Waals surface area contributed by atoms with Crippen LogP contribution in [0.15, 0.2) is 18.2 Å². The predicted octanol–water partition coefficient (Wildman–Crippen LogP) is 2.00. The van der Waals surface area contributed by atoms with E-state index in [-0.39, 0.29) is 11.1 Å². The van der Waals surface area contributed by atoms with Gasteiger partial charge in [0.1, 0.15) is 0 Å². The van der Waals surface area contributed by atoms with Crippen LogP contribution in [0.2, 0.25) is 0 Å². The molecule has 0 saturated carbocycles. The van der Waals surface area contributed by atoms with E-state index in [4.69, 9.17) is 10.4 Å². The minimum absolute atomic E-state index is 0.159. The van der Waals surface area contributed by atoms with Crippen LogP contribution in [0.4, 0.5) is 0 Å². The number of carboxylic acid groups (broad SMARTS) is 1. The molecule has 1 unspecified atom stereocenters. The average molecular weight is 298 g/mol. The molecule has 0 aliphatic carbocycles. The number of aliphatic carboxylic acids is 1. The molecule has 1 rings (SSSR count). The summed E-state index contributed by atoms with van der Waals surface area (Å²) in [5.41, 5.74) is 1.19. The minimum atomic E-state index is -1.64. The van der Waals surface area contributed by atoms with Crippen LogP contribution >= 0.6 is 15.9 Å². The smallest absolute Gasteiger partial charge is 0.337 e. The highest BCUT2D eigenvalue weighted by molar-refractivity contribution is 9.09. The van der Waals surface area contributed by atoms with E-state index in [1.54, 1.807) is 12.1 Å². The van der Waals surface area contributed by atoms with Gasteiger partial charge in [0.15, 0.2) is 6.10 Å². The van der Waals surface area contributed by atoms with Gasteiger partial charge < -0.3 is 10.2 Å². The van der Waals surface area contributed by atoms with Gasteiger partial charge in [-0.05, 0) is 18.4 Å². The second-order valence-corrected chi connectivity index (χ2v) is 4.32. The summed E-state index contributed by atoms with van der Waals surface area (Å²) in [7, 11) is 0. The van der Waals surface area contributed by atoms with Crippen LogP contribution in [-0.4, -0.2) is 21.5 Å². The van der Waals surface area contributed by atoms with Crippen molar-refractivity contribution in [3.8, 4) is 6.07 Å². The Morgan fingerprint density at radius 3 is 2.76 bits per heavy atom. The molecule has 0 aliphatic rings. The van der Waals surface area contributed by atoms with E-state index in [0.29, 0.717) is 6.42 Å². The summed E-state index contributed by atoms with van der Waals surface area (Å²) in [5, 5.41) is 28.1. The van der Waals surface area contributed by atoms with E-state index < -0.39 is 12.1 Å². The summed E-state index contributed by atoms with van der Waals surface area (Å²) in [6.45, 7) is 0. The monoisotopic (exact) mass is 297 g/mol. The molecule has 5 heteroatoms. The zero-order chi connectivity index (χ0) is 12.8. The first-order valence-electron chi connectivity index (χ1n) is 5.10. The third-order valence-corrected chi connectivity index (χ3v) is 2.96. The summed E-state index contributed by atoms with van der Waals surface area (Å²) in [4.78, 5) is 10.7. The Kier molecular flexibility index (Phi) is 5.13. The first kappa shape index (κ1) is 13.7. The highest BCUT2D eigenvalue weighted by Crippen LogP contribution is 2.22. The van der Waals surface area contributed by atoms with E-state index in [1.807, 2.05) is 6.07 Å². The maximum Gasteiger partial charge on any atom is 0.337 e. The molecule has 17 heavy (non-hydrogen) atoms. The number of aliphatic hydroxyl groups excluding tert-OH is 1. The average Bonchev–Trinajstić information content (AvgIpc) is 2.34. The number of nitriles is 1. The lowest BCUT2D eigenvalue weighted by molar-refractivity contribution is -0.146. The zero-order valence-electron chi connectivity index (χ0n) is 9.06. The normalized spacial score (nSPS) is 11.8. The fraction of sp³-hybridized carbons (Fsp3) is 0.333. The Bertz CT molecular complexity index is 454. The first-order valence-corrected chi connectivity index (χ1v) is 6.22. The Balaban J connectivity index is 3.15. The maximum absolute atomic E-state index is 10.7. The molecule has 0 bridgehead atoms. The molecule has 90 valence electrons. The van der Waals surface area contributed by atoms with E-state index in [1.165, 1.54) is 6.07 Å². The summed E-state index contributed by atoms with van der Waals surface area (Å²) in [6, 6.07) is 6.87. The lowest BCUT2D eigenvalue weighted by Crippen LogP contribution is -2.13. The van der Waals surface area contributed by atoms with Crippen molar-refractivity contribution >= 4 is 21.9 Å². The standard InChI is InChI=1S/C12H12BrNO3/c13-6-2-4-8-3-1-5-9(10(8)7-14)11(15)12(16)17/h1,3,5,11,15H,2,4,6H2,(H,16,17). The molecule has 0 saturated heterocycles. The number of aliphatic hydroxyl groups is 1. The number of rotatable bonds is 5. The van der Waals surface area contributed by atoms with Gasteiger partial charge in [0.2, 0.25) is 0 Å². The highest BCUT2D eigenvalue weighted by atomic mass is 79.9. The van der Waals surface area contributed by atoms with Crippen molar-refractivity contribution in [2.75, 3.05) is 5.33 Å². The van der Waals surface area contributed by atoms with Crippen molar-refractivity contribution in [1.29, 1.82) is 5.26 Å². The molecule has 1 atom stereocenters. The van der Waals surface area contributed by atoms with Gasteiger partial charge in [-0.3, -0.25) is 0 Å². The van der Waals surface area contributed by atoms with Crippen LogP contribution in [0.3, 0.4) is 0 Å². The predicted molar refractivity (Wildman–Crippen MR) is 65.9 cm³/mol. The molecule has 0 aromatic heterocycles. The molecule has 0 heterocycles. The Morgan fingerprint density at radius 1 is 1.53 bits per heavy atom. The van der Waals surface area contributed by atoms with Crippen molar-refractivity contribution in [1.82, 2.24) is 0 Å². The van der Waals surface area contributed by atoms with E-state index >= 15 is 0 Å². The van der Waals surface area contributed by atoms with Crippen LogP contribution in [0, 0.1) is 11.3 Å². The molecular formula is C12H12BrNO3. The molecule has 0 radical (unpaired) electrons. The minimum Gasteiger partial charge on any atom is -0.479 e. The van der Waals surface area contributed by atoms with Crippen LogP contribution in [0.1, 0.15) is 29.2 Å². The third kappa shape index (κ3) is 3.29. The van der Waals surface area contributed by atoms with Gasteiger partial charge in [0, 0.05) is 10.9 Å². The third-order valence-electron chi connectivity index (χ3n) is 2.40. The summed E-state index contributed by atoms with van der Waals surface area (Å²) >= 11 is 3.30. The molecule has 0 amide bonds. The van der Waals surface area contributed by atoms with Crippen molar-refractivity contribution < 1.29 is 15.0 Å². The van der Waals surface area contributed by atoms with E-state index in [2.05, 4.69) is 15.9 Å². The van der Waals surface area contributed by atoms with Gasteiger partial charge in [-0.1, -0.05) is 34.1 Å². The fourth-order valence-electron chi connectivity index (χ4n) is 1.58. The number of halogens is 1. The van der Waals surface area contributed by atoms with Gasteiger partial charge in [-0.15, -0.1) is 0 Å². The number of benzene rings is 1. The molecule has 1 aromatic rings. The van der Waals surface area contributed by atoms with Crippen molar-refractivity contribution in [3.05, 3.63) is 34.9 Å². The maximum atomic E-state index is 10.7. The molecule has 1 aromatic carbocycles. The van der Waals surface area contributed by atoms with Gasteiger partial charge in [-0.2, -0.15) is 5.26 Å². The Hall–Kier alpha value is -1.38. The van der Waals surface area contributed by atoms with Gasteiger partial charge in [0.05, 0.1) is 11.6 Å². The summed E-state index contributed by atoms with van der Waals surface area (Å²) in [6.07, 6.45) is -0.121. The van der Waals surface area contributed by atoms with E-state index in [9.17, 15) is 9.90 Å². The summed E-state index contributed by atoms with van der Waals surface area (Å²) in [5.74, 6) is -1.35. The van der Waals surface area contributed by atoms with Crippen LogP contribution in [0.5, 0.6) is 0 Å². The van der Waals surface area contributed by atoms with Gasteiger partial charge in [-0.25, -0.2) is 4.79 Å². The molecule has 0 spiro atoms. The Morgan fingerprint density at radius 2 is 2.24 bits per heavy atom. The number of nitrogens with zero attached hydrogens (tertiary/aromatic N) is 1. The number of alkyl halides is 1. The second kappa shape index (κ2) is 6.38. The number of carboxylic acids is 1. The lowest BCUT2D eigenvalue weighted by atomic mass is 9.95. The molecule has 0 fully saturated rings. The van der Waals surface area contributed by atoms with Crippen molar-refractivity contribution in [2.45, 2.75) is 18.9 Å². The van der Waals surface area contributed by atoms with Gasteiger partial charge in [0.25, 0.3) is 0 Å². The number of hydrogen-bond donors (Lipinski definition) is 2. The van der Waals surface area contributed by atoms with Crippen molar-refractivity contribution in [2.24, 2.45) is 0 Å². The summed E-state index contributed by atoms with van der Waals surface area (Å²) < 4.78 is 0. The zero-order valence-corrected chi connectivity index (χ0v) is 10.6. The molecule has 2 N–H and O–H groups in total. The largest absolute Gasteiger partial charge is 0.479 e. The number of aryl methyl sites for hydroxylation is 1. The van der Waals surface area contributed by atoms with E-state index in [0.717, 1.165) is 17.3 Å². The van der Waals surface area contributed by atoms with Crippen LogP contribution in [0.25, 0.3) is 0 Å². The lowest BCUT2D eigenvalue weighted by Gasteiger charge is -2.11. The topological polar surface area (TPSA) is 81.3 Å². The molecule has 0 aliphatic heterocycles. The number of hydrogen-bond acceptors (Lipinski definition) is 3. The molecule has 4 nitrogen and oxygen atoms in total. The first-order chi connectivity index (χ1) is 8.11. The Labute approximate surface area is 108 Å². The number of carbonyl (C=O) groups is 1. The highest BCUT2D eigenvalue weighted by Gasteiger charge is 2.20. The molecular weight excluding hydrogens is 286 g/mol. The fourth-order valence-corrected chi connectivity index (χ4v) is 1.86. The van der Waals surface area contributed by atoms with Crippen LogP contribution in [-0.2, 0) is 11.2 Å².